The molecule has 0 fully saturated rings. The van der Waals surface area contributed by atoms with Crippen LogP contribution in [-0.2, 0) is 14.3 Å². The van der Waals surface area contributed by atoms with Crippen LogP contribution in [0.2, 0.25) is 0 Å². The predicted octanol–water partition coefficient (Wildman–Crippen LogP) is -5.28. The topological polar surface area (TPSA) is 43.4 Å². The summed E-state index contributed by atoms with van der Waals surface area (Å²) in [6.45, 7) is 2.83. The van der Waals surface area contributed by atoms with Gasteiger partial charge in [0.2, 0.25) is 0 Å². The second kappa shape index (κ2) is 10.1. The summed E-state index contributed by atoms with van der Waals surface area (Å²) >= 11 is 0. The molecule has 0 N–H and O–H groups in total. The van der Waals surface area contributed by atoms with Gasteiger partial charge in [-0.15, -0.1) is 0 Å². The standard InChI is InChI=1S/C5H8O3.2Na.2H/c1-3-5(7)8-4(2)6;;;;/h3H2,1-2H3;;;;/q;2*+1;2*-1. The van der Waals surface area contributed by atoms with Crippen LogP contribution in [0.3, 0.4) is 0 Å². The van der Waals surface area contributed by atoms with Crippen molar-refractivity contribution in [1.82, 2.24) is 0 Å². The zero-order valence-corrected chi connectivity index (χ0v) is 10.9. The molecular weight excluding hydrogens is 154 g/mol. The molecule has 0 saturated carbocycles. The van der Waals surface area contributed by atoms with Crippen LogP contribution >= 0.6 is 0 Å². The van der Waals surface area contributed by atoms with Crippen molar-refractivity contribution in [3.8, 4) is 0 Å². The van der Waals surface area contributed by atoms with E-state index in [4.69, 9.17) is 0 Å². The van der Waals surface area contributed by atoms with Crippen molar-refractivity contribution in [2.75, 3.05) is 0 Å². The van der Waals surface area contributed by atoms with Crippen LogP contribution in [0, 0.1) is 0 Å². The molecule has 0 saturated heterocycles. The second-order valence-electron chi connectivity index (χ2n) is 1.32. The minimum atomic E-state index is -0.545. The molecule has 0 unspecified atom stereocenters. The van der Waals surface area contributed by atoms with Gasteiger partial charge in [0, 0.05) is 13.3 Å². The van der Waals surface area contributed by atoms with Crippen molar-refractivity contribution >= 4 is 11.9 Å². The Morgan fingerprint density at radius 1 is 1.40 bits per heavy atom. The number of rotatable bonds is 1. The molecule has 0 spiro atoms. The third-order valence-electron chi connectivity index (χ3n) is 0.546. The summed E-state index contributed by atoms with van der Waals surface area (Å²) in [5.74, 6) is -1.02. The smallest absolute Gasteiger partial charge is 1.00 e. The quantitative estimate of drug-likeness (QED) is 0.221. The Labute approximate surface area is 107 Å². The summed E-state index contributed by atoms with van der Waals surface area (Å²) in [4.78, 5) is 20.1. The SMILES string of the molecule is CCC(=O)OC(C)=O.[H-].[H-].[Na+].[Na+]. The van der Waals surface area contributed by atoms with E-state index in [9.17, 15) is 9.59 Å². The molecule has 0 rings (SSSR count). The van der Waals surface area contributed by atoms with Gasteiger partial charge in [-0.05, 0) is 0 Å². The monoisotopic (exact) mass is 164 g/mol. The van der Waals surface area contributed by atoms with Crippen molar-refractivity contribution in [3.05, 3.63) is 0 Å². The van der Waals surface area contributed by atoms with Crippen LogP contribution in [0.15, 0.2) is 0 Å². The van der Waals surface area contributed by atoms with Crippen LogP contribution in [0.25, 0.3) is 0 Å². The van der Waals surface area contributed by atoms with Crippen LogP contribution in [0.4, 0.5) is 0 Å². The molecule has 0 radical (unpaired) electrons. The Bertz CT molecular complexity index is 121. The van der Waals surface area contributed by atoms with E-state index in [1.807, 2.05) is 0 Å². The maximum atomic E-state index is 10.2. The average Bonchev–Trinajstić information content (AvgIpc) is 1.65. The van der Waals surface area contributed by atoms with Gasteiger partial charge in [0.05, 0.1) is 0 Å². The third kappa shape index (κ3) is 11.9. The van der Waals surface area contributed by atoms with Gasteiger partial charge in [0.25, 0.3) is 0 Å². The van der Waals surface area contributed by atoms with Crippen LogP contribution in [0.5, 0.6) is 0 Å². The first kappa shape index (κ1) is 17.3. The fourth-order valence-electron chi connectivity index (χ4n) is 0.232. The van der Waals surface area contributed by atoms with Gasteiger partial charge >= 0.3 is 71.1 Å². The molecule has 0 aromatic rings. The van der Waals surface area contributed by atoms with E-state index in [0.717, 1.165) is 0 Å². The van der Waals surface area contributed by atoms with Crippen LogP contribution < -0.4 is 59.1 Å². The van der Waals surface area contributed by atoms with E-state index in [1.165, 1.54) is 6.92 Å². The normalized spacial score (nSPS) is 6.60. The molecule has 0 aliphatic carbocycles. The van der Waals surface area contributed by atoms with Crippen molar-refractivity contribution in [1.29, 1.82) is 0 Å². The minimum Gasteiger partial charge on any atom is -1.00 e. The van der Waals surface area contributed by atoms with Gasteiger partial charge < -0.3 is 7.59 Å². The molecule has 3 nitrogen and oxygen atoms in total. The van der Waals surface area contributed by atoms with Gasteiger partial charge in [-0.1, -0.05) is 6.92 Å². The van der Waals surface area contributed by atoms with Gasteiger partial charge in [-0.3, -0.25) is 9.59 Å². The maximum Gasteiger partial charge on any atom is 1.00 e. The van der Waals surface area contributed by atoms with Gasteiger partial charge in [0.1, 0.15) is 0 Å². The summed E-state index contributed by atoms with van der Waals surface area (Å²) in [7, 11) is 0. The molecule has 0 bridgehead atoms. The Kier molecular flexibility index (Phi) is 17.5. The molecule has 0 aliphatic rings. The van der Waals surface area contributed by atoms with E-state index in [-0.39, 0.29) is 68.4 Å². The molecule has 5 heteroatoms. The van der Waals surface area contributed by atoms with Crippen molar-refractivity contribution in [2.24, 2.45) is 0 Å². The Balaban J connectivity index is -0.0000000408. The molecule has 50 valence electrons. The van der Waals surface area contributed by atoms with Crippen molar-refractivity contribution < 1.29 is 76.3 Å². The zero-order valence-electron chi connectivity index (χ0n) is 8.93. The van der Waals surface area contributed by atoms with Crippen LogP contribution in [-0.4, -0.2) is 11.9 Å². The summed E-state index contributed by atoms with van der Waals surface area (Å²) in [5.41, 5.74) is 0. The number of hydrogen-bond donors (Lipinski definition) is 0. The molecule has 0 aromatic heterocycles. The molecule has 0 amide bonds. The second-order valence-corrected chi connectivity index (χ2v) is 1.32. The summed E-state index contributed by atoms with van der Waals surface area (Å²) in [6, 6.07) is 0. The van der Waals surface area contributed by atoms with Crippen molar-refractivity contribution in [2.45, 2.75) is 20.3 Å². The fraction of sp³-hybridized carbons (Fsp3) is 0.600. The molecule has 0 aliphatic heterocycles. The van der Waals surface area contributed by atoms with Gasteiger partial charge in [-0.2, -0.15) is 0 Å². The first-order valence-corrected chi connectivity index (χ1v) is 2.38. The Morgan fingerprint density at radius 2 is 1.80 bits per heavy atom. The van der Waals surface area contributed by atoms with E-state index >= 15 is 0 Å². The molecule has 0 aromatic carbocycles. The van der Waals surface area contributed by atoms with Gasteiger partial charge in [0.15, 0.2) is 0 Å². The number of carbonyl (C=O) groups is 2. The summed E-state index contributed by atoms with van der Waals surface area (Å²) < 4.78 is 4.12. The van der Waals surface area contributed by atoms with Gasteiger partial charge in [-0.25, -0.2) is 0 Å². The minimum absolute atomic E-state index is 0. The first-order chi connectivity index (χ1) is 3.66. The fourth-order valence-corrected chi connectivity index (χ4v) is 0.232. The first-order valence-electron chi connectivity index (χ1n) is 2.38. The molecule has 0 atom stereocenters. The maximum absolute atomic E-state index is 10.2. The number of hydrogen-bond acceptors (Lipinski definition) is 3. The third-order valence-corrected chi connectivity index (χ3v) is 0.546. The molecular formula is C5H10Na2O3. The summed E-state index contributed by atoms with van der Waals surface area (Å²) in [5, 5.41) is 0. The Morgan fingerprint density at radius 3 is 1.90 bits per heavy atom. The Hall–Kier alpha value is 1.14. The molecule has 0 heterocycles. The molecule has 10 heavy (non-hydrogen) atoms. The summed E-state index contributed by atoms with van der Waals surface area (Å²) in [6.07, 6.45) is 0.250. The predicted molar refractivity (Wildman–Crippen MR) is 29.3 cm³/mol. The van der Waals surface area contributed by atoms with Crippen LogP contribution in [0.1, 0.15) is 23.1 Å². The van der Waals surface area contributed by atoms with E-state index in [0.29, 0.717) is 0 Å². The van der Waals surface area contributed by atoms with E-state index < -0.39 is 11.9 Å². The van der Waals surface area contributed by atoms with Crippen molar-refractivity contribution in [3.63, 3.8) is 0 Å². The van der Waals surface area contributed by atoms with E-state index in [2.05, 4.69) is 4.74 Å². The average molecular weight is 164 g/mol. The number of carbonyl (C=O) groups excluding carboxylic acids is 2. The number of esters is 2. The van der Waals surface area contributed by atoms with E-state index in [1.54, 1.807) is 6.92 Å². The zero-order chi connectivity index (χ0) is 6.57. The number of ether oxygens (including phenoxy) is 1. The largest absolute Gasteiger partial charge is 1.00 e.